The van der Waals surface area contributed by atoms with Gasteiger partial charge in [0.25, 0.3) is 0 Å². The lowest BCUT2D eigenvalue weighted by Crippen LogP contribution is -2.43. The van der Waals surface area contributed by atoms with E-state index in [4.69, 9.17) is 17.3 Å². The van der Waals surface area contributed by atoms with Crippen LogP contribution in [-0.2, 0) is 0 Å². The maximum atomic E-state index is 6.27. The molecular weight excluding hydrogens is 256 g/mol. The molecule has 2 rings (SSSR count). The highest BCUT2D eigenvalue weighted by Gasteiger charge is 2.24. The van der Waals surface area contributed by atoms with Crippen molar-refractivity contribution in [2.45, 2.75) is 45.2 Å². The number of piperidine rings is 1. The highest BCUT2D eigenvalue weighted by molar-refractivity contribution is 6.30. The first kappa shape index (κ1) is 14.8. The van der Waals surface area contributed by atoms with Crippen LogP contribution in [0, 0.1) is 5.92 Å². The molecule has 0 radical (unpaired) electrons. The second-order valence-electron chi connectivity index (χ2n) is 5.84. The van der Waals surface area contributed by atoms with Crippen LogP contribution >= 0.6 is 11.6 Å². The molecule has 0 aromatic heterocycles. The van der Waals surface area contributed by atoms with Gasteiger partial charge in [-0.3, -0.25) is 0 Å². The molecule has 1 aromatic rings. The number of halogens is 1. The van der Waals surface area contributed by atoms with Crippen LogP contribution in [0.15, 0.2) is 24.3 Å². The average molecular weight is 281 g/mol. The number of rotatable bonds is 4. The summed E-state index contributed by atoms with van der Waals surface area (Å²) in [7, 11) is 0. The number of benzene rings is 1. The fraction of sp³-hybridized carbons (Fsp3) is 0.625. The molecule has 3 unspecified atom stereocenters. The smallest absolute Gasteiger partial charge is 0.0406 e. The zero-order chi connectivity index (χ0) is 13.8. The third-order valence-corrected chi connectivity index (χ3v) is 4.78. The van der Waals surface area contributed by atoms with Gasteiger partial charge in [0, 0.05) is 23.7 Å². The first-order valence-electron chi connectivity index (χ1n) is 7.33. The summed E-state index contributed by atoms with van der Waals surface area (Å²) in [6.07, 6.45) is 3.70. The van der Waals surface area contributed by atoms with Gasteiger partial charge in [0.15, 0.2) is 0 Å². The molecule has 0 aliphatic carbocycles. The molecule has 1 aliphatic rings. The third-order valence-electron chi connectivity index (χ3n) is 4.53. The van der Waals surface area contributed by atoms with Crippen LogP contribution in [0.3, 0.4) is 0 Å². The second kappa shape index (κ2) is 6.74. The molecule has 106 valence electrons. The first-order chi connectivity index (χ1) is 9.08. The van der Waals surface area contributed by atoms with Crippen LogP contribution in [0.5, 0.6) is 0 Å². The molecule has 1 fully saturated rings. The van der Waals surface area contributed by atoms with E-state index in [9.17, 15) is 0 Å². The standard InChI is InChI=1S/C16H25ClN2/c1-12-4-3-10-19(13(12)2)11-9-16(18)14-5-7-15(17)8-6-14/h5-8,12-13,16H,3-4,9-11,18H2,1-2H3. The van der Waals surface area contributed by atoms with Crippen LogP contribution in [0.25, 0.3) is 0 Å². The van der Waals surface area contributed by atoms with Gasteiger partial charge in [0.05, 0.1) is 0 Å². The summed E-state index contributed by atoms with van der Waals surface area (Å²) < 4.78 is 0. The van der Waals surface area contributed by atoms with Crippen molar-refractivity contribution in [1.82, 2.24) is 4.90 Å². The van der Waals surface area contributed by atoms with Crippen molar-refractivity contribution in [2.75, 3.05) is 13.1 Å². The first-order valence-corrected chi connectivity index (χ1v) is 7.71. The molecule has 0 amide bonds. The molecule has 1 aromatic carbocycles. The van der Waals surface area contributed by atoms with Crippen molar-refractivity contribution in [3.8, 4) is 0 Å². The molecular formula is C16H25ClN2. The minimum atomic E-state index is 0.113. The van der Waals surface area contributed by atoms with Crippen LogP contribution in [0.4, 0.5) is 0 Å². The third kappa shape index (κ3) is 3.95. The number of nitrogens with two attached hydrogens (primary N) is 1. The van der Waals surface area contributed by atoms with E-state index >= 15 is 0 Å². The number of likely N-dealkylation sites (tertiary alicyclic amines) is 1. The molecule has 19 heavy (non-hydrogen) atoms. The summed E-state index contributed by atoms with van der Waals surface area (Å²) in [6, 6.07) is 8.71. The molecule has 3 heteroatoms. The van der Waals surface area contributed by atoms with E-state index < -0.39 is 0 Å². The van der Waals surface area contributed by atoms with Crippen molar-refractivity contribution in [3.63, 3.8) is 0 Å². The van der Waals surface area contributed by atoms with E-state index in [1.54, 1.807) is 0 Å². The van der Waals surface area contributed by atoms with Gasteiger partial charge in [0.2, 0.25) is 0 Å². The Morgan fingerprint density at radius 2 is 2.00 bits per heavy atom. The second-order valence-corrected chi connectivity index (χ2v) is 6.28. The number of hydrogen-bond donors (Lipinski definition) is 1. The van der Waals surface area contributed by atoms with Crippen LogP contribution in [0.2, 0.25) is 5.02 Å². The minimum absolute atomic E-state index is 0.113. The summed E-state index contributed by atoms with van der Waals surface area (Å²) in [5.74, 6) is 0.806. The van der Waals surface area contributed by atoms with Crippen LogP contribution < -0.4 is 5.73 Å². The monoisotopic (exact) mass is 280 g/mol. The van der Waals surface area contributed by atoms with Crippen molar-refractivity contribution >= 4 is 11.6 Å². The molecule has 1 aliphatic heterocycles. The summed E-state index contributed by atoms with van der Waals surface area (Å²) in [5, 5.41) is 0.773. The maximum Gasteiger partial charge on any atom is 0.0406 e. The lowest BCUT2D eigenvalue weighted by atomic mass is 9.91. The summed E-state index contributed by atoms with van der Waals surface area (Å²) >= 11 is 5.90. The average Bonchev–Trinajstić information content (AvgIpc) is 2.41. The van der Waals surface area contributed by atoms with Gasteiger partial charge in [-0.25, -0.2) is 0 Å². The minimum Gasteiger partial charge on any atom is -0.324 e. The van der Waals surface area contributed by atoms with E-state index in [1.807, 2.05) is 24.3 Å². The number of hydrogen-bond acceptors (Lipinski definition) is 2. The molecule has 0 saturated carbocycles. The van der Waals surface area contributed by atoms with E-state index in [0.717, 1.165) is 23.9 Å². The topological polar surface area (TPSA) is 29.3 Å². The van der Waals surface area contributed by atoms with E-state index in [-0.39, 0.29) is 6.04 Å². The Labute approximate surface area is 121 Å². The van der Waals surface area contributed by atoms with Crippen LogP contribution in [-0.4, -0.2) is 24.0 Å². The maximum absolute atomic E-state index is 6.27. The molecule has 0 bridgehead atoms. The Bertz CT molecular complexity index is 390. The van der Waals surface area contributed by atoms with E-state index in [1.165, 1.54) is 24.9 Å². The molecule has 2 N–H and O–H groups in total. The SMILES string of the molecule is CC1CCCN(CCC(N)c2ccc(Cl)cc2)C1C. The van der Waals surface area contributed by atoms with Gasteiger partial charge in [-0.05, 0) is 56.3 Å². The Balaban J connectivity index is 1.86. The summed E-state index contributed by atoms with van der Waals surface area (Å²) in [6.45, 7) is 7.02. The van der Waals surface area contributed by atoms with Crippen molar-refractivity contribution in [3.05, 3.63) is 34.9 Å². The largest absolute Gasteiger partial charge is 0.324 e. The molecule has 0 spiro atoms. The highest BCUT2D eigenvalue weighted by Crippen LogP contribution is 2.24. The lowest BCUT2D eigenvalue weighted by molar-refractivity contribution is 0.110. The van der Waals surface area contributed by atoms with E-state index in [2.05, 4.69) is 18.7 Å². The molecule has 3 atom stereocenters. The fourth-order valence-electron chi connectivity index (χ4n) is 2.92. The Morgan fingerprint density at radius 1 is 1.32 bits per heavy atom. The van der Waals surface area contributed by atoms with Gasteiger partial charge in [-0.2, -0.15) is 0 Å². The fourth-order valence-corrected chi connectivity index (χ4v) is 3.04. The Hall–Kier alpha value is -0.570. The van der Waals surface area contributed by atoms with Gasteiger partial charge in [-0.1, -0.05) is 30.7 Å². The zero-order valence-electron chi connectivity index (χ0n) is 12.0. The van der Waals surface area contributed by atoms with Gasteiger partial charge < -0.3 is 10.6 Å². The van der Waals surface area contributed by atoms with Crippen LogP contribution in [0.1, 0.15) is 44.7 Å². The summed E-state index contributed by atoms with van der Waals surface area (Å²) in [5.41, 5.74) is 7.46. The van der Waals surface area contributed by atoms with Gasteiger partial charge >= 0.3 is 0 Å². The predicted molar refractivity (Wildman–Crippen MR) is 82.4 cm³/mol. The quantitative estimate of drug-likeness (QED) is 0.908. The molecule has 1 saturated heterocycles. The van der Waals surface area contributed by atoms with Gasteiger partial charge in [-0.15, -0.1) is 0 Å². The van der Waals surface area contributed by atoms with E-state index in [0.29, 0.717) is 6.04 Å². The zero-order valence-corrected chi connectivity index (χ0v) is 12.7. The Kier molecular flexibility index (Phi) is 5.26. The molecule has 1 heterocycles. The predicted octanol–water partition coefficient (Wildman–Crippen LogP) is 3.85. The normalized spacial score (nSPS) is 26.3. The van der Waals surface area contributed by atoms with Crippen molar-refractivity contribution < 1.29 is 0 Å². The van der Waals surface area contributed by atoms with Crippen molar-refractivity contribution in [1.29, 1.82) is 0 Å². The van der Waals surface area contributed by atoms with Crippen molar-refractivity contribution in [2.24, 2.45) is 11.7 Å². The van der Waals surface area contributed by atoms with Gasteiger partial charge in [0.1, 0.15) is 0 Å². The Morgan fingerprint density at radius 3 is 2.68 bits per heavy atom. The lowest BCUT2D eigenvalue weighted by Gasteiger charge is -2.38. The molecule has 2 nitrogen and oxygen atoms in total. The summed E-state index contributed by atoms with van der Waals surface area (Å²) in [4.78, 5) is 2.59. The number of nitrogens with zero attached hydrogens (tertiary/aromatic N) is 1. The highest BCUT2D eigenvalue weighted by atomic mass is 35.5.